The highest BCUT2D eigenvalue weighted by atomic mass is 32.2. The van der Waals surface area contributed by atoms with E-state index in [4.69, 9.17) is 9.47 Å². The van der Waals surface area contributed by atoms with Gasteiger partial charge in [-0.05, 0) is 19.8 Å². The highest BCUT2D eigenvalue weighted by molar-refractivity contribution is 7.87. The lowest BCUT2D eigenvalue weighted by atomic mass is 10.2. The van der Waals surface area contributed by atoms with Gasteiger partial charge in [0.2, 0.25) is 0 Å². The molecule has 1 unspecified atom stereocenters. The van der Waals surface area contributed by atoms with Gasteiger partial charge in [-0.1, -0.05) is 6.42 Å². The quantitative estimate of drug-likeness (QED) is 0.703. The van der Waals surface area contributed by atoms with Crippen LogP contribution in [0.5, 0.6) is 0 Å². The van der Waals surface area contributed by atoms with Crippen LogP contribution < -0.4 is 4.72 Å². The third-order valence-electron chi connectivity index (χ3n) is 2.86. The standard InChI is InChI=1S/C10H22N2O4S/c1-9(10(15-2)16-3)11-17(13,14)12-7-5-4-6-8-12/h9-11H,4-8H2,1-3H3. The highest BCUT2D eigenvalue weighted by Gasteiger charge is 2.28. The summed E-state index contributed by atoms with van der Waals surface area (Å²) >= 11 is 0. The van der Waals surface area contributed by atoms with Crippen LogP contribution in [0.15, 0.2) is 0 Å². The molecule has 17 heavy (non-hydrogen) atoms. The molecule has 1 aliphatic heterocycles. The molecule has 1 saturated heterocycles. The molecule has 102 valence electrons. The lowest BCUT2D eigenvalue weighted by molar-refractivity contribution is -0.115. The molecule has 0 aromatic carbocycles. The van der Waals surface area contributed by atoms with E-state index in [1.54, 1.807) is 6.92 Å². The van der Waals surface area contributed by atoms with E-state index in [0.29, 0.717) is 13.1 Å². The van der Waals surface area contributed by atoms with E-state index < -0.39 is 22.5 Å². The maximum absolute atomic E-state index is 12.0. The first-order valence-electron chi connectivity index (χ1n) is 5.84. The lowest BCUT2D eigenvalue weighted by Crippen LogP contribution is -2.50. The molecular weight excluding hydrogens is 244 g/mol. The van der Waals surface area contributed by atoms with Gasteiger partial charge >= 0.3 is 0 Å². The van der Waals surface area contributed by atoms with Gasteiger partial charge in [0.05, 0.1) is 6.04 Å². The average Bonchev–Trinajstić information content (AvgIpc) is 2.31. The first-order valence-corrected chi connectivity index (χ1v) is 7.28. The zero-order valence-electron chi connectivity index (χ0n) is 10.7. The first-order chi connectivity index (χ1) is 8.01. The van der Waals surface area contributed by atoms with Crippen LogP contribution in [0.4, 0.5) is 0 Å². The Balaban J connectivity index is 2.58. The Morgan fingerprint density at radius 2 is 1.65 bits per heavy atom. The van der Waals surface area contributed by atoms with Gasteiger partial charge in [-0.3, -0.25) is 0 Å². The van der Waals surface area contributed by atoms with E-state index in [1.807, 2.05) is 0 Å². The van der Waals surface area contributed by atoms with Gasteiger partial charge in [-0.2, -0.15) is 17.4 Å². The molecule has 0 radical (unpaired) electrons. The smallest absolute Gasteiger partial charge is 0.279 e. The maximum atomic E-state index is 12.0. The van der Waals surface area contributed by atoms with E-state index in [1.165, 1.54) is 18.5 Å². The third-order valence-corrected chi connectivity index (χ3v) is 4.58. The summed E-state index contributed by atoms with van der Waals surface area (Å²) in [6.07, 6.45) is 2.37. The normalized spacial score (nSPS) is 20.7. The second-order valence-electron chi connectivity index (χ2n) is 4.21. The number of nitrogens with one attached hydrogen (secondary N) is 1. The maximum Gasteiger partial charge on any atom is 0.279 e. The number of piperidine rings is 1. The molecular formula is C10H22N2O4S. The van der Waals surface area contributed by atoms with E-state index in [2.05, 4.69) is 4.72 Å². The second kappa shape index (κ2) is 6.65. The van der Waals surface area contributed by atoms with E-state index in [-0.39, 0.29) is 0 Å². The van der Waals surface area contributed by atoms with E-state index in [9.17, 15) is 8.42 Å². The average molecular weight is 266 g/mol. The minimum atomic E-state index is -3.42. The minimum absolute atomic E-state index is 0.420. The number of rotatable bonds is 6. The number of ether oxygens (including phenoxy) is 2. The van der Waals surface area contributed by atoms with Crippen LogP contribution in [0, 0.1) is 0 Å². The van der Waals surface area contributed by atoms with Crippen molar-refractivity contribution in [3.63, 3.8) is 0 Å². The number of hydrogen-bond acceptors (Lipinski definition) is 4. The summed E-state index contributed by atoms with van der Waals surface area (Å²) < 4.78 is 38.2. The Bertz CT molecular complexity index is 310. The highest BCUT2D eigenvalue weighted by Crippen LogP contribution is 2.13. The van der Waals surface area contributed by atoms with Gasteiger partial charge < -0.3 is 9.47 Å². The molecule has 1 aliphatic rings. The summed E-state index contributed by atoms with van der Waals surface area (Å²) in [6.45, 7) is 2.90. The van der Waals surface area contributed by atoms with Crippen molar-refractivity contribution >= 4 is 10.2 Å². The largest absolute Gasteiger partial charge is 0.354 e. The summed E-state index contributed by atoms with van der Waals surface area (Å²) in [5.74, 6) is 0. The van der Waals surface area contributed by atoms with Crippen LogP contribution in [-0.4, -0.2) is 52.4 Å². The van der Waals surface area contributed by atoms with Gasteiger partial charge in [0, 0.05) is 27.3 Å². The van der Waals surface area contributed by atoms with Crippen LogP contribution in [0.25, 0.3) is 0 Å². The van der Waals surface area contributed by atoms with Crippen molar-refractivity contribution in [3.8, 4) is 0 Å². The van der Waals surface area contributed by atoms with Crippen LogP contribution in [0.3, 0.4) is 0 Å². The zero-order valence-corrected chi connectivity index (χ0v) is 11.5. The second-order valence-corrected chi connectivity index (χ2v) is 5.91. The fourth-order valence-corrected chi connectivity index (χ4v) is 3.44. The summed E-state index contributed by atoms with van der Waals surface area (Å²) in [4.78, 5) is 0. The van der Waals surface area contributed by atoms with Gasteiger partial charge in [-0.25, -0.2) is 0 Å². The van der Waals surface area contributed by atoms with E-state index in [0.717, 1.165) is 19.3 Å². The Kier molecular flexibility index (Phi) is 5.81. The van der Waals surface area contributed by atoms with Crippen molar-refractivity contribution in [2.45, 2.75) is 38.5 Å². The molecule has 6 nitrogen and oxygen atoms in total. The van der Waals surface area contributed by atoms with Gasteiger partial charge in [-0.15, -0.1) is 0 Å². The molecule has 1 N–H and O–H groups in total. The van der Waals surface area contributed by atoms with Crippen LogP contribution in [-0.2, 0) is 19.7 Å². The van der Waals surface area contributed by atoms with Gasteiger partial charge in [0.15, 0.2) is 6.29 Å². The SMILES string of the molecule is COC(OC)C(C)NS(=O)(=O)N1CCCCC1. The molecule has 0 aliphatic carbocycles. The Labute approximate surface area is 103 Å². The topological polar surface area (TPSA) is 67.9 Å². The summed E-state index contributed by atoms with van der Waals surface area (Å²) in [5.41, 5.74) is 0. The molecule has 0 saturated carbocycles. The molecule has 0 spiro atoms. The minimum Gasteiger partial charge on any atom is -0.354 e. The molecule has 0 amide bonds. The van der Waals surface area contributed by atoms with Gasteiger partial charge in [0.25, 0.3) is 10.2 Å². The lowest BCUT2D eigenvalue weighted by Gasteiger charge is -2.29. The number of methoxy groups -OCH3 is 2. The van der Waals surface area contributed by atoms with Crippen LogP contribution in [0.2, 0.25) is 0 Å². The molecule has 1 atom stereocenters. The third kappa shape index (κ3) is 4.18. The van der Waals surface area contributed by atoms with Crippen molar-refractivity contribution in [2.24, 2.45) is 0 Å². The summed E-state index contributed by atoms with van der Waals surface area (Å²) in [6, 6.07) is -0.420. The molecule has 0 bridgehead atoms. The molecule has 1 fully saturated rings. The number of hydrogen-bond donors (Lipinski definition) is 1. The fraction of sp³-hybridized carbons (Fsp3) is 1.00. The zero-order chi connectivity index (χ0) is 12.9. The summed E-state index contributed by atoms with van der Waals surface area (Å²) in [7, 11) is -0.452. The Morgan fingerprint density at radius 3 is 2.12 bits per heavy atom. The molecule has 1 heterocycles. The van der Waals surface area contributed by atoms with Crippen molar-refractivity contribution in [2.75, 3.05) is 27.3 Å². The van der Waals surface area contributed by atoms with Crippen molar-refractivity contribution in [1.29, 1.82) is 0 Å². The molecule has 0 aromatic heterocycles. The van der Waals surface area contributed by atoms with Gasteiger partial charge in [0.1, 0.15) is 0 Å². The molecule has 1 rings (SSSR count). The number of nitrogens with zero attached hydrogens (tertiary/aromatic N) is 1. The first kappa shape index (κ1) is 14.8. The fourth-order valence-electron chi connectivity index (χ4n) is 1.97. The van der Waals surface area contributed by atoms with Crippen LogP contribution in [0.1, 0.15) is 26.2 Å². The van der Waals surface area contributed by atoms with Crippen molar-refractivity contribution in [3.05, 3.63) is 0 Å². The van der Waals surface area contributed by atoms with E-state index >= 15 is 0 Å². The summed E-state index contributed by atoms with van der Waals surface area (Å²) in [5, 5.41) is 0. The molecule has 7 heteroatoms. The monoisotopic (exact) mass is 266 g/mol. The van der Waals surface area contributed by atoms with Crippen molar-refractivity contribution in [1.82, 2.24) is 9.03 Å². The predicted octanol–water partition coefficient (Wildman–Crippen LogP) is 0.314. The Morgan fingerprint density at radius 1 is 1.12 bits per heavy atom. The van der Waals surface area contributed by atoms with Crippen LogP contribution >= 0.6 is 0 Å². The van der Waals surface area contributed by atoms with Crippen molar-refractivity contribution < 1.29 is 17.9 Å². The Hall–Kier alpha value is -0.210. The predicted molar refractivity (Wildman–Crippen MR) is 64.7 cm³/mol. The molecule has 0 aromatic rings.